The Morgan fingerprint density at radius 1 is 1.12 bits per heavy atom. The summed E-state index contributed by atoms with van der Waals surface area (Å²) < 4.78 is 2.10. The Balaban J connectivity index is 2.07. The number of aliphatic hydroxyl groups is 1. The molecule has 0 amide bonds. The SMILES string of the molecule is Cc1ccc(C)n1NC1CCCCCC1O. The molecule has 1 fully saturated rings. The van der Waals surface area contributed by atoms with Gasteiger partial charge >= 0.3 is 0 Å². The summed E-state index contributed by atoms with van der Waals surface area (Å²) in [6.45, 7) is 4.17. The van der Waals surface area contributed by atoms with Crippen LogP contribution >= 0.6 is 0 Å². The minimum atomic E-state index is -0.205. The number of hydrogen-bond acceptors (Lipinski definition) is 2. The van der Waals surface area contributed by atoms with Crippen LogP contribution in [0, 0.1) is 13.8 Å². The van der Waals surface area contributed by atoms with Gasteiger partial charge in [0.15, 0.2) is 0 Å². The van der Waals surface area contributed by atoms with Crippen molar-refractivity contribution in [2.45, 2.75) is 58.1 Å². The third kappa shape index (κ3) is 2.40. The van der Waals surface area contributed by atoms with Gasteiger partial charge in [-0.2, -0.15) is 0 Å². The molecule has 3 heteroatoms. The lowest BCUT2D eigenvalue weighted by atomic mass is 10.1. The second-order valence-corrected chi connectivity index (χ2v) is 4.89. The van der Waals surface area contributed by atoms with Gasteiger partial charge in [-0.15, -0.1) is 0 Å². The molecule has 1 aliphatic rings. The van der Waals surface area contributed by atoms with Crippen molar-refractivity contribution in [2.75, 3.05) is 5.43 Å². The van der Waals surface area contributed by atoms with Gasteiger partial charge in [-0.05, 0) is 38.8 Å². The monoisotopic (exact) mass is 222 g/mol. The number of hydrogen-bond donors (Lipinski definition) is 2. The molecule has 0 bridgehead atoms. The minimum Gasteiger partial charge on any atom is -0.391 e. The van der Waals surface area contributed by atoms with Crippen molar-refractivity contribution in [3.8, 4) is 0 Å². The lowest BCUT2D eigenvalue weighted by Gasteiger charge is -2.25. The normalized spacial score (nSPS) is 26.4. The van der Waals surface area contributed by atoms with Crippen molar-refractivity contribution < 1.29 is 5.11 Å². The van der Waals surface area contributed by atoms with Crippen molar-refractivity contribution >= 4 is 0 Å². The van der Waals surface area contributed by atoms with Crippen molar-refractivity contribution in [1.29, 1.82) is 0 Å². The first-order valence-electron chi connectivity index (χ1n) is 6.28. The van der Waals surface area contributed by atoms with E-state index in [9.17, 15) is 5.11 Å². The number of nitrogens with one attached hydrogen (secondary N) is 1. The van der Waals surface area contributed by atoms with Crippen LogP contribution in [0.25, 0.3) is 0 Å². The molecular weight excluding hydrogens is 200 g/mol. The Hall–Kier alpha value is -0.960. The van der Waals surface area contributed by atoms with Gasteiger partial charge in [0.1, 0.15) is 0 Å². The Morgan fingerprint density at radius 3 is 2.44 bits per heavy atom. The van der Waals surface area contributed by atoms with Crippen LogP contribution in [0.1, 0.15) is 43.5 Å². The zero-order valence-corrected chi connectivity index (χ0v) is 10.2. The summed E-state index contributed by atoms with van der Waals surface area (Å²) in [5, 5.41) is 10.1. The van der Waals surface area contributed by atoms with Gasteiger partial charge in [0.25, 0.3) is 0 Å². The highest BCUT2D eigenvalue weighted by Crippen LogP contribution is 2.19. The number of aromatic nitrogens is 1. The molecule has 0 radical (unpaired) electrons. The molecular formula is C13H22N2O. The molecule has 0 aromatic carbocycles. The topological polar surface area (TPSA) is 37.2 Å². The third-order valence-corrected chi connectivity index (χ3v) is 3.55. The molecule has 1 aromatic heterocycles. The van der Waals surface area contributed by atoms with E-state index in [0.29, 0.717) is 0 Å². The Kier molecular flexibility index (Phi) is 3.54. The van der Waals surface area contributed by atoms with Crippen LogP contribution in [0.15, 0.2) is 12.1 Å². The Bertz CT molecular complexity index is 326. The predicted molar refractivity (Wildman–Crippen MR) is 66.1 cm³/mol. The van der Waals surface area contributed by atoms with Crippen LogP contribution < -0.4 is 5.43 Å². The van der Waals surface area contributed by atoms with Crippen molar-refractivity contribution in [3.63, 3.8) is 0 Å². The largest absolute Gasteiger partial charge is 0.391 e. The maximum atomic E-state index is 10.1. The highest BCUT2D eigenvalue weighted by Gasteiger charge is 2.22. The van der Waals surface area contributed by atoms with E-state index in [1.54, 1.807) is 0 Å². The molecule has 16 heavy (non-hydrogen) atoms. The molecule has 1 aromatic rings. The van der Waals surface area contributed by atoms with Crippen LogP contribution in [0.4, 0.5) is 0 Å². The Morgan fingerprint density at radius 2 is 1.75 bits per heavy atom. The first-order valence-corrected chi connectivity index (χ1v) is 6.28. The van der Waals surface area contributed by atoms with Gasteiger partial charge in [0, 0.05) is 11.4 Å². The maximum Gasteiger partial charge on any atom is 0.0756 e. The molecule has 0 spiro atoms. The quantitative estimate of drug-likeness (QED) is 0.754. The van der Waals surface area contributed by atoms with Crippen LogP contribution in [-0.2, 0) is 0 Å². The van der Waals surface area contributed by atoms with Gasteiger partial charge < -0.3 is 10.5 Å². The molecule has 1 aliphatic carbocycles. The van der Waals surface area contributed by atoms with Gasteiger partial charge in [-0.3, -0.25) is 4.68 Å². The zero-order valence-electron chi connectivity index (χ0n) is 10.2. The summed E-state index contributed by atoms with van der Waals surface area (Å²) in [5.74, 6) is 0. The van der Waals surface area contributed by atoms with Crippen molar-refractivity contribution in [3.05, 3.63) is 23.5 Å². The lowest BCUT2D eigenvalue weighted by Crippen LogP contribution is -2.38. The highest BCUT2D eigenvalue weighted by atomic mass is 16.3. The molecule has 2 atom stereocenters. The van der Waals surface area contributed by atoms with Crippen LogP contribution in [0.2, 0.25) is 0 Å². The summed E-state index contributed by atoms with van der Waals surface area (Å²) in [7, 11) is 0. The summed E-state index contributed by atoms with van der Waals surface area (Å²) in [4.78, 5) is 0. The first kappa shape index (κ1) is 11.5. The van der Waals surface area contributed by atoms with E-state index < -0.39 is 0 Å². The molecule has 1 heterocycles. The average molecular weight is 222 g/mol. The first-order chi connectivity index (χ1) is 7.68. The zero-order chi connectivity index (χ0) is 11.5. The van der Waals surface area contributed by atoms with Crippen molar-refractivity contribution in [1.82, 2.24) is 4.68 Å². The Labute approximate surface area is 97.4 Å². The summed E-state index contributed by atoms with van der Waals surface area (Å²) in [5.41, 5.74) is 5.86. The van der Waals surface area contributed by atoms with Crippen LogP contribution in [0.3, 0.4) is 0 Å². The fraction of sp³-hybridized carbons (Fsp3) is 0.692. The van der Waals surface area contributed by atoms with E-state index in [-0.39, 0.29) is 12.1 Å². The third-order valence-electron chi connectivity index (χ3n) is 3.55. The highest BCUT2D eigenvalue weighted by molar-refractivity contribution is 5.16. The molecule has 3 nitrogen and oxygen atoms in total. The van der Waals surface area contributed by atoms with E-state index in [4.69, 9.17) is 0 Å². The van der Waals surface area contributed by atoms with Gasteiger partial charge in [0.05, 0.1) is 12.1 Å². The summed E-state index contributed by atoms with van der Waals surface area (Å²) >= 11 is 0. The van der Waals surface area contributed by atoms with E-state index in [0.717, 1.165) is 19.3 Å². The molecule has 0 saturated heterocycles. The predicted octanol–water partition coefficient (Wildman–Crippen LogP) is 2.34. The number of nitrogens with zero attached hydrogens (tertiary/aromatic N) is 1. The smallest absolute Gasteiger partial charge is 0.0756 e. The fourth-order valence-corrected chi connectivity index (χ4v) is 2.48. The molecule has 2 rings (SSSR count). The number of aliphatic hydroxyl groups excluding tert-OH is 1. The molecule has 90 valence electrons. The number of aryl methyl sites for hydroxylation is 2. The minimum absolute atomic E-state index is 0.201. The second kappa shape index (κ2) is 4.91. The van der Waals surface area contributed by atoms with E-state index in [1.165, 1.54) is 24.2 Å². The van der Waals surface area contributed by atoms with E-state index in [1.807, 2.05) is 0 Å². The second-order valence-electron chi connectivity index (χ2n) is 4.89. The van der Waals surface area contributed by atoms with Crippen LogP contribution in [0.5, 0.6) is 0 Å². The summed E-state index contributed by atoms with van der Waals surface area (Å²) in [6.07, 6.45) is 5.41. The van der Waals surface area contributed by atoms with Gasteiger partial charge in [0.2, 0.25) is 0 Å². The van der Waals surface area contributed by atoms with Crippen LogP contribution in [-0.4, -0.2) is 21.9 Å². The van der Waals surface area contributed by atoms with E-state index >= 15 is 0 Å². The molecule has 1 saturated carbocycles. The maximum absolute atomic E-state index is 10.1. The standard InChI is InChI=1S/C13H22N2O/c1-10-8-9-11(2)15(10)14-12-6-4-3-5-7-13(12)16/h8-9,12-14,16H,3-7H2,1-2H3. The fourth-order valence-electron chi connectivity index (χ4n) is 2.48. The van der Waals surface area contributed by atoms with E-state index in [2.05, 4.69) is 36.1 Å². The molecule has 2 N–H and O–H groups in total. The molecule has 0 aliphatic heterocycles. The van der Waals surface area contributed by atoms with Gasteiger partial charge in [-0.25, -0.2) is 0 Å². The summed E-state index contributed by atoms with van der Waals surface area (Å²) in [6, 6.07) is 4.41. The van der Waals surface area contributed by atoms with Gasteiger partial charge in [-0.1, -0.05) is 19.3 Å². The lowest BCUT2D eigenvalue weighted by molar-refractivity contribution is 0.139. The van der Waals surface area contributed by atoms with Crippen molar-refractivity contribution in [2.24, 2.45) is 0 Å². The number of rotatable bonds is 2. The molecule has 2 unspecified atom stereocenters. The average Bonchev–Trinajstić information content (AvgIpc) is 2.48.